The molecule has 0 bridgehead atoms. The Labute approximate surface area is 198 Å². The summed E-state index contributed by atoms with van der Waals surface area (Å²) in [5, 5.41) is 0. The van der Waals surface area contributed by atoms with Gasteiger partial charge in [0.25, 0.3) is 21.8 Å². The van der Waals surface area contributed by atoms with Crippen molar-refractivity contribution < 1.29 is 27.5 Å². The van der Waals surface area contributed by atoms with E-state index >= 15 is 0 Å². The molecule has 0 atom stereocenters. The van der Waals surface area contributed by atoms with Crippen molar-refractivity contribution in [1.29, 1.82) is 0 Å². The molecule has 0 spiro atoms. The van der Waals surface area contributed by atoms with E-state index in [0.29, 0.717) is 30.3 Å². The number of hydrazine groups is 1. The Kier molecular flexibility index (Phi) is 8.10. The van der Waals surface area contributed by atoms with Crippen LogP contribution in [0.25, 0.3) is 0 Å². The molecule has 0 saturated carbocycles. The van der Waals surface area contributed by atoms with Crippen molar-refractivity contribution in [2.75, 3.05) is 17.9 Å². The van der Waals surface area contributed by atoms with Gasteiger partial charge in [-0.15, -0.1) is 0 Å². The number of benzene rings is 3. The smallest absolute Gasteiger partial charge is 0.269 e. The minimum atomic E-state index is -3.81. The maximum absolute atomic E-state index is 12.6. The number of carbonyl (C=O) groups is 2. The molecule has 0 saturated heterocycles. The van der Waals surface area contributed by atoms with Crippen LogP contribution in [-0.4, -0.2) is 33.4 Å². The summed E-state index contributed by atoms with van der Waals surface area (Å²) in [6.07, 6.45) is 0. The second-order valence-corrected chi connectivity index (χ2v) is 8.64. The van der Waals surface area contributed by atoms with Gasteiger partial charge in [0.1, 0.15) is 11.5 Å². The Bertz CT molecular complexity index is 1230. The van der Waals surface area contributed by atoms with Crippen molar-refractivity contribution in [2.45, 2.75) is 18.7 Å². The van der Waals surface area contributed by atoms with E-state index in [1.807, 2.05) is 13.8 Å². The Hall–Kier alpha value is -4.05. The fraction of sp³-hybridized carbons (Fsp3) is 0.167. The van der Waals surface area contributed by atoms with Gasteiger partial charge in [-0.05, 0) is 86.6 Å². The van der Waals surface area contributed by atoms with Crippen molar-refractivity contribution in [3.8, 4) is 11.5 Å². The minimum absolute atomic E-state index is 0.0785. The summed E-state index contributed by atoms with van der Waals surface area (Å²) in [4.78, 5) is 24.6. The lowest BCUT2D eigenvalue weighted by Crippen LogP contribution is -2.41. The summed E-state index contributed by atoms with van der Waals surface area (Å²) in [5.74, 6) is 0.170. The van der Waals surface area contributed by atoms with Gasteiger partial charge in [0.15, 0.2) is 0 Å². The van der Waals surface area contributed by atoms with E-state index in [-0.39, 0.29) is 16.1 Å². The maximum atomic E-state index is 12.6. The van der Waals surface area contributed by atoms with Crippen LogP contribution in [0.4, 0.5) is 5.69 Å². The highest BCUT2D eigenvalue weighted by atomic mass is 32.2. The number of ether oxygens (including phenoxy) is 2. The van der Waals surface area contributed by atoms with E-state index in [1.165, 1.54) is 36.4 Å². The molecule has 0 aliphatic rings. The SMILES string of the molecule is CCOc1ccc(C(=O)NNC(=O)c2ccc(NS(=O)(=O)c3ccc(OCC)cc3)cc2)cc1. The number of sulfonamides is 1. The molecule has 3 rings (SSSR count). The van der Waals surface area contributed by atoms with Crippen LogP contribution in [0.15, 0.2) is 77.7 Å². The van der Waals surface area contributed by atoms with Gasteiger partial charge in [0, 0.05) is 16.8 Å². The van der Waals surface area contributed by atoms with E-state index in [0.717, 1.165) is 0 Å². The first-order chi connectivity index (χ1) is 16.3. The number of hydrogen-bond donors (Lipinski definition) is 3. The molecule has 0 aliphatic carbocycles. The largest absolute Gasteiger partial charge is 0.494 e. The normalized spacial score (nSPS) is 10.8. The lowest BCUT2D eigenvalue weighted by atomic mass is 10.2. The fourth-order valence-electron chi connectivity index (χ4n) is 2.91. The zero-order valence-corrected chi connectivity index (χ0v) is 19.5. The van der Waals surface area contributed by atoms with Crippen molar-refractivity contribution in [3.05, 3.63) is 83.9 Å². The Morgan fingerprint density at radius 2 is 1.09 bits per heavy atom. The zero-order valence-electron chi connectivity index (χ0n) is 18.7. The highest BCUT2D eigenvalue weighted by Gasteiger charge is 2.15. The minimum Gasteiger partial charge on any atom is -0.494 e. The number of anilines is 1. The average Bonchev–Trinajstić information content (AvgIpc) is 2.84. The second-order valence-electron chi connectivity index (χ2n) is 6.95. The molecule has 3 aromatic carbocycles. The molecule has 0 radical (unpaired) electrons. The molecule has 10 heteroatoms. The molecule has 9 nitrogen and oxygen atoms in total. The van der Waals surface area contributed by atoms with Crippen LogP contribution in [0.5, 0.6) is 11.5 Å². The molecule has 0 aliphatic heterocycles. The van der Waals surface area contributed by atoms with Gasteiger partial charge in [0.2, 0.25) is 0 Å². The van der Waals surface area contributed by atoms with Crippen LogP contribution in [0.3, 0.4) is 0 Å². The van der Waals surface area contributed by atoms with Crippen LogP contribution in [0.2, 0.25) is 0 Å². The van der Waals surface area contributed by atoms with E-state index in [9.17, 15) is 18.0 Å². The summed E-state index contributed by atoms with van der Waals surface area (Å²) in [6.45, 7) is 4.70. The van der Waals surface area contributed by atoms with Crippen LogP contribution >= 0.6 is 0 Å². The van der Waals surface area contributed by atoms with E-state index in [4.69, 9.17) is 9.47 Å². The van der Waals surface area contributed by atoms with Crippen molar-refractivity contribution in [3.63, 3.8) is 0 Å². The summed E-state index contributed by atoms with van der Waals surface area (Å²) < 4.78 is 38.2. The van der Waals surface area contributed by atoms with E-state index in [1.54, 1.807) is 36.4 Å². The summed E-state index contributed by atoms with van der Waals surface area (Å²) in [6, 6.07) is 18.3. The lowest BCUT2D eigenvalue weighted by Gasteiger charge is -2.11. The number of rotatable bonds is 9. The van der Waals surface area contributed by atoms with Gasteiger partial charge in [-0.2, -0.15) is 0 Å². The molecule has 34 heavy (non-hydrogen) atoms. The van der Waals surface area contributed by atoms with Gasteiger partial charge in [-0.3, -0.25) is 25.2 Å². The standard InChI is InChI=1S/C24H25N3O6S/c1-3-32-20-11-7-18(8-12-20)24(29)26-25-23(28)17-5-9-19(10-6-17)27-34(30,31)22-15-13-21(14-16-22)33-4-2/h5-16,27H,3-4H2,1-2H3,(H,25,28)(H,26,29). The third-order valence-corrected chi connectivity index (χ3v) is 5.96. The Balaban J connectivity index is 1.56. The monoisotopic (exact) mass is 483 g/mol. The maximum Gasteiger partial charge on any atom is 0.269 e. The summed E-state index contributed by atoms with van der Waals surface area (Å²) >= 11 is 0. The average molecular weight is 484 g/mol. The molecular formula is C24H25N3O6S. The predicted molar refractivity (Wildman–Crippen MR) is 127 cm³/mol. The third-order valence-electron chi connectivity index (χ3n) is 4.56. The quantitative estimate of drug-likeness (QED) is 0.401. The van der Waals surface area contributed by atoms with Gasteiger partial charge in [0.05, 0.1) is 18.1 Å². The van der Waals surface area contributed by atoms with Crippen LogP contribution in [0, 0.1) is 0 Å². The number of carbonyl (C=O) groups excluding carboxylic acids is 2. The van der Waals surface area contributed by atoms with Crippen molar-refractivity contribution in [2.24, 2.45) is 0 Å². The third kappa shape index (κ3) is 6.48. The van der Waals surface area contributed by atoms with Crippen LogP contribution < -0.4 is 25.0 Å². The first kappa shape index (κ1) is 24.6. The van der Waals surface area contributed by atoms with Crippen LogP contribution in [0.1, 0.15) is 34.6 Å². The number of nitrogens with one attached hydrogen (secondary N) is 3. The Morgan fingerprint density at radius 1 is 0.676 bits per heavy atom. The Morgan fingerprint density at radius 3 is 1.53 bits per heavy atom. The fourth-order valence-corrected chi connectivity index (χ4v) is 3.97. The van der Waals surface area contributed by atoms with Crippen molar-refractivity contribution >= 4 is 27.5 Å². The second kappa shape index (κ2) is 11.2. The molecule has 0 fully saturated rings. The highest BCUT2D eigenvalue weighted by molar-refractivity contribution is 7.92. The van der Waals surface area contributed by atoms with E-state index in [2.05, 4.69) is 15.6 Å². The number of amides is 2. The van der Waals surface area contributed by atoms with E-state index < -0.39 is 21.8 Å². The molecule has 3 aromatic rings. The molecular weight excluding hydrogens is 458 g/mol. The first-order valence-corrected chi connectivity index (χ1v) is 12.0. The van der Waals surface area contributed by atoms with Gasteiger partial charge >= 0.3 is 0 Å². The van der Waals surface area contributed by atoms with Gasteiger partial charge in [-0.25, -0.2) is 8.42 Å². The molecule has 0 aromatic heterocycles. The van der Waals surface area contributed by atoms with Gasteiger partial charge in [-0.1, -0.05) is 0 Å². The molecule has 178 valence electrons. The topological polar surface area (TPSA) is 123 Å². The summed E-state index contributed by atoms with van der Waals surface area (Å²) in [7, 11) is -3.81. The molecule has 0 unspecified atom stereocenters. The van der Waals surface area contributed by atoms with Crippen molar-refractivity contribution in [1.82, 2.24) is 10.9 Å². The molecule has 2 amide bonds. The molecule has 0 heterocycles. The van der Waals surface area contributed by atoms with Gasteiger partial charge < -0.3 is 9.47 Å². The molecule has 3 N–H and O–H groups in total. The predicted octanol–water partition coefficient (Wildman–Crippen LogP) is 3.36. The summed E-state index contributed by atoms with van der Waals surface area (Å²) in [5.41, 5.74) is 5.52. The van der Waals surface area contributed by atoms with Crippen LogP contribution in [-0.2, 0) is 10.0 Å². The number of hydrogen-bond acceptors (Lipinski definition) is 6. The first-order valence-electron chi connectivity index (χ1n) is 10.5. The highest BCUT2D eigenvalue weighted by Crippen LogP contribution is 2.20. The lowest BCUT2D eigenvalue weighted by molar-refractivity contribution is 0.0846. The zero-order chi connectivity index (χ0) is 24.6.